The van der Waals surface area contributed by atoms with Crippen LogP contribution >= 0.6 is 0 Å². The fraction of sp³-hybridized carbons (Fsp3) is 0.350. The molecule has 0 spiro atoms. The lowest BCUT2D eigenvalue weighted by Crippen LogP contribution is -2.24. The fourth-order valence-electron chi connectivity index (χ4n) is 2.69. The number of amides is 1. The molecule has 0 bridgehead atoms. The van der Waals surface area contributed by atoms with E-state index < -0.39 is 10.0 Å². The van der Waals surface area contributed by atoms with Crippen LogP contribution in [0.1, 0.15) is 22.3 Å². The van der Waals surface area contributed by atoms with Gasteiger partial charge in [0.15, 0.2) is 0 Å². The zero-order valence-corrected chi connectivity index (χ0v) is 17.5. The Morgan fingerprint density at radius 2 is 1.63 bits per heavy atom. The zero-order valence-electron chi connectivity index (χ0n) is 16.7. The quantitative estimate of drug-likeness (QED) is 0.795. The molecular formula is C20H27N3O3S. The van der Waals surface area contributed by atoms with Crippen LogP contribution in [-0.4, -0.2) is 39.3 Å². The Balaban J connectivity index is 2.17. The summed E-state index contributed by atoms with van der Waals surface area (Å²) in [6.07, 6.45) is 0. The summed E-state index contributed by atoms with van der Waals surface area (Å²) in [7, 11) is -0.553. The number of carbonyl (C=O) groups is 1. The van der Waals surface area contributed by atoms with Gasteiger partial charge in [-0.1, -0.05) is 17.7 Å². The van der Waals surface area contributed by atoms with Gasteiger partial charge in [-0.25, -0.2) is 12.7 Å². The van der Waals surface area contributed by atoms with E-state index in [0.29, 0.717) is 5.69 Å². The van der Waals surface area contributed by atoms with Crippen molar-refractivity contribution < 1.29 is 13.2 Å². The van der Waals surface area contributed by atoms with Gasteiger partial charge < -0.3 is 10.6 Å². The van der Waals surface area contributed by atoms with Crippen LogP contribution in [0.5, 0.6) is 0 Å². The van der Waals surface area contributed by atoms with Crippen molar-refractivity contribution in [2.45, 2.75) is 32.6 Å². The first-order chi connectivity index (χ1) is 12.5. The molecule has 0 aliphatic rings. The Kier molecular flexibility index (Phi) is 6.28. The van der Waals surface area contributed by atoms with Crippen molar-refractivity contribution in [1.29, 1.82) is 0 Å². The van der Waals surface area contributed by atoms with E-state index in [1.165, 1.54) is 18.4 Å². The van der Waals surface area contributed by atoms with Crippen LogP contribution in [0.3, 0.4) is 0 Å². The number of anilines is 2. The number of aryl methyl sites for hydroxylation is 3. The number of hydrogen-bond donors (Lipinski definition) is 2. The van der Waals surface area contributed by atoms with Gasteiger partial charge in [0.2, 0.25) is 15.9 Å². The number of rotatable bonds is 6. The summed E-state index contributed by atoms with van der Waals surface area (Å²) >= 11 is 0. The summed E-state index contributed by atoms with van der Waals surface area (Å²) in [6.45, 7) is 7.73. The van der Waals surface area contributed by atoms with E-state index in [4.69, 9.17) is 0 Å². The second-order valence-corrected chi connectivity index (χ2v) is 9.07. The number of hydrogen-bond acceptors (Lipinski definition) is 4. The molecule has 27 heavy (non-hydrogen) atoms. The number of carbonyl (C=O) groups excluding carboxylic acids is 1. The Morgan fingerprint density at radius 3 is 2.22 bits per heavy atom. The van der Waals surface area contributed by atoms with E-state index in [2.05, 4.69) is 10.6 Å². The van der Waals surface area contributed by atoms with E-state index in [1.807, 2.05) is 45.9 Å². The van der Waals surface area contributed by atoms with Crippen LogP contribution in [-0.2, 0) is 14.8 Å². The predicted molar refractivity (Wildman–Crippen MR) is 110 cm³/mol. The molecule has 0 saturated carbocycles. The van der Waals surface area contributed by atoms with Crippen molar-refractivity contribution in [2.24, 2.45) is 0 Å². The Labute approximate surface area is 161 Å². The molecule has 0 aromatic heterocycles. The van der Waals surface area contributed by atoms with Crippen LogP contribution in [0, 0.1) is 27.7 Å². The van der Waals surface area contributed by atoms with Crippen molar-refractivity contribution in [3.63, 3.8) is 0 Å². The van der Waals surface area contributed by atoms with Gasteiger partial charge in [0.25, 0.3) is 0 Å². The number of benzene rings is 2. The van der Waals surface area contributed by atoms with Gasteiger partial charge in [0, 0.05) is 25.5 Å². The summed E-state index contributed by atoms with van der Waals surface area (Å²) in [5.41, 5.74) is 5.28. The van der Waals surface area contributed by atoms with Gasteiger partial charge in [-0.15, -0.1) is 0 Å². The smallest absolute Gasteiger partial charge is 0.243 e. The highest BCUT2D eigenvalue weighted by Gasteiger charge is 2.19. The monoisotopic (exact) mass is 389 g/mol. The first kappa shape index (κ1) is 20.9. The molecule has 146 valence electrons. The SMILES string of the molecule is Cc1ccc(NC(=O)CNc2cc(S(=O)(=O)N(C)C)cc(C)c2C)c(C)c1. The minimum atomic E-state index is -3.54. The summed E-state index contributed by atoms with van der Waals surface area (Å²) in [5, 5.41) is 5.94. The zero-order chi connectivity index (χ0) is 20.4. The van der Waals surface area contributed by atoms with Gasteiger partial charge in [-0.3, -0.25) is 4.79 Å². The number of nitrogens with one attached hydrogen (secondary N) is 2. The standard InChI is InChI=1S/C20H27N3O3S/c1-13-7-8-18(15(3)9-13)22-20(24)12-21-19-11-17(10-14(2)16(19)4)27(25,26)23(5)6/h7-11,21H,12H2,1-6H3,(H,22,24). The van der Waals surface area contributed by atoms with Gasteiger partial charge in [0.05, 0.1) is 11.4 Å². The lowest BCUT2D eigenvalue weighted by molar-refractivity contribution is -0.114. The molecule has 0 aliphatic heterocycles. The van der Waals surface area contributed by atoms with Crippen molar-refractivity contribution in [1.82, 2.24) is 4.31 Å². The second-order valence-electron chi connectivity index (χ2n) is 6.92. The molecule has 2 rings (SSSR count). The maximum Gasteiger partial charge on any atom is 0.243 e. The molecule has 0 radical (unpaired) electrons. The Hall–Kier alpha value is -2.38. The highest BCUT2D eigenvalue weighted by molar-refractivity contribution is 7.89. The topological polar surface area (TPSA) is 78.5 Å². The molecular weight excluding hydrogens is 362 g/mol. The molecule has 2 aromatic rings. The normalized spacial score (nSPS) is 11.5. The van der Waals surface area contributed by atoms with Crippen molar-refractivity contribution in [3.05, 3.63) is 52.6 Å². The van der Waals surface area contributed by atoms with Crippen LogP contribution in [0.15, 0.2) is 35.2 Å². The van der Waals surface area contributed by atoms with Gasteiger partial charge in [-0.2, -0.15) is 0 Å². The fourth-order valence-corrected chi connectivity index (χ4v) is 3.71. The van der Waals surface area contributed by atoms with Crippen molar-refractivity contribution in [2.75, 3.05) is 31.3 Å². The second kappa shape index (κ2) is 8.10. The minimum Gasteiger partial charge on any atom is -0.376 e. The lowest BCUT2D eigenvalue weighted by Gasteiger charge is -2.17. The largest absolute Gasteiger partial charge is 0.376 e. The lowest BCUT2D eigenvalue weighted by atomic mass is 10.1. The maximum atomic E-state index is 12.4. The van der Waals surface area contributed by atoms with E-state index in [1.54, 1.807) is 12.1 Å². The van der Waals surface area contributed by atoms with E-state index >= 15 is 0 Å². The minimum absolute atomic E-state index is 0.0407. The maximum absolute atomic E-state index is 12.4. The molecule has 2 aromatic carbocycles. The van der Waals surface area contributed by atoms with Crippen LogP contribution in [0.4, 0.5) is 11.4 Å². The summed E-state index contributed by atoms with van der Waals surface area (Å²) < 4.78 is 26.0. The van der Waals surface area contributed by atoms with Crippen LogP contribution < -0.4 is 10.6 Å². The van der Waals surface area contributed by atoms with E-state index in [-0.39, 0.29) is 17.3 Å². The third-order valence-electron chi connectivity index (χ3n) is 4.51. The van der Waals surface area contributed by atoms with Crippen LogP contribution in [0.2, 0.25) is 0 Å². The molecule has 1 amide bonds. The third-order valence-corrected chi connectivity index (χ3v) is 6.31. The average Bonchev–Trinajstić information content (AvgIpc) is 2.58. The summed E-state index contributed by atoms with van der Waals surface area (Å²) in [5.74, 6) is -0.195. The highest BCUT2D eigenvalue weighted by Crippen LogP contribution is 2.25. The van der Waals surface area contributed by atoms with Crippen molar-refractivity contribution >= 4 is 27.3 Å². The third kappa shape index (κ3) is 4.87. The summed E-state index contributed by atoms with van der Waals surface area (Å²) in [6, 6.07) is 9.04. The first-order valence-corrected chi connectivity index (χ1v) is 10.1. The van der Waals surface area contributed by atoms with Crippen LogP contribution in [0.25, 0.3) is 0 Å². The van der Waals surface area contributed by atoms with E-state index in [0.717, 1.165) is 27.9 Å². The van der Waals surface area contributed by atoms with E-state index in [9.17, 15) is 13.2 Å². The molecule has 7 heteroatoms. The summed E-state index contributed by atoms with van der Waals surface area (Å²) in [4.78, 5) is 12.5. The average molecular weight is 390 g/mol. The van der Waals surface area contributed by atoms with Crippen molar-refractivity contribution in [3.8, 4) is 0 Å². The number of nitrogens with zero attached hydrogens (tertiary/aromatic N) is 1. The van der Waals surface area contributed by atoms with Gasteiger partial charge in [-0.05, 0) is 62.6 Å². The molecule has 0 atom stereocenters. The van der Waals surface area contributed by atoms with Gasteiger partial charge >= 0.3 is 0 Å². The highest BCUT2D eigenvalue weighted by atomic mass is 32.2. The molecule has 0 fully saturated rings. The predicted octanol–water partition coefficient (Wildman–Crippen LogP) is 3.22. The molecule has 0 heterocycles. The molecule has 0 unspecified atom stereocenters. The molecule has 0 saturated heterocycles. The Morgan fingerprint density at radius 1 is 0.963 bits per heavy atom. The molecule has 0 aliphatic carbocycles. The first-order valence-electron chi connectivity index (χ1n) is 8.67. The number of sulfonamides is 1. The molecule has 6 nitrogen and oxygen atoms in total. The molecule has 2 N–H and O–H groups in total. The Bertz CT molecular complexity index is 967. The van der Waals surface area contributed by atoms with Gasteiger partial charge in [0.1, 0.15) is 0 Å².